The van der Waals surface area contributed by atoms with Gasteiger partial charge in [0.05, 0.1) is 11.3 Å². The lowest BCUT2D eigenvalue weighted by atomic mass is 10.1. The maximum Gasteiger partial charge on any atom is 0.242 e. The molecule has 0 aliphatic heterocycles. The molecule has 108 valence electrons. The van der Waals surface area contributed by atoms with Crippen molar-refractivity contribution in [2.75, 3.05) is 18.4 Å². The van der Waals surface area contributed by atoms with E-state index in [2.05, 4.69) is 10.0 Å². The smallest absolute Gasteiger partial charge is 0.242 e. The van der Waals surface area contributed by atoms with E-state index in [0.29, 0.717) is 12.2 Å². The molecule has 0 aromatic heterocycles. The number of rotatable bonds is 7. The first kappa shape index (κ1) is 15.9. The van der Waals surface area contributed by atoms with Crippen LogP contribution < -0.4 is 10.0 Å². The number of benzene rings is 1. The van der Waals surface area contributed by atoms with Gasteiger partial charge in [0.25, 0.3) is 0 Å². The molecule has 0 bridgehead atoms. The third kappa shape index (κ3) is 5.18. The van der Waals surface area contributed by atoms with Crippen LogP contribution in [0.1, 0.15) is 27.2 Å². The van der Waals surface area contributed by atoms with Crippen molar-refractivity contribution in [2.24, 2.45) is 0 Å². The fraction of sp³-hybridized carbons (Fsp3) is 0.538. The zero-order valence-electron chi connectivity index (χ0n) is 11.6. The molecule has 1 aromatic rings. The minimum atomic E-state index is -3.51. The van der Waals surface area contributed by atoms with E-state index >= 15 is 0 Å². The van der Waals surface area contributed by atoms with Gasteiger partial charge in [-0.05, 0) is 32.4 Å². The van der Waals surface area contributed by atoms with E-state index in [1.807, 2.05) is 6.92 Å². The van der Waals surface area contributed by atoms with Crippen LogP contribution in [-0.2, 0) is 10.0 Å². The predicted molar refractivity (Wildman–Crippen MR) is 76.7 cm³/mol. The zero-order chi connectivity index (χ0) is 14.5. The Morgan fingerprint density at radius 1 is 1.26 bits per heavy atom. The molecular formula is C13H22N2O3S. The van der Waals surface area contributed by atoms with Crippen LogP contribution in [0.4, 0.5) is 5.69 Å². The standard InChI is InChI=1S/C13H22N2O3S/c1-4-9-15-19(17,18)12-8-6-5-7-11(12)14-10-13(2,3)16/h5-8,14-16H,4,9-10H2,1-3H3. The highest BCUT2D eigenvalue weighted by Crippen LogP contribution is 2.21. The minimum Gasteiger partial charge on any atom is -0.389 e. The molecule has 0 saturated heterocycles. The second kappa shape index (κ2) is 6.36. The lowest BCUT2D eigenvalue weighted by Crippen LogP contribution is -2.31. The summed E-state index contributed by atoms with van der Waals surface area (Å²) in [5, 5.41) is 12.7. The molecule has 5 nitrogen and oxygen atoms in total. The van der Waals surface area contributed by atoms with Crippen LogP contribution >= 0.6 is 0 Å². The first-order valence-electron chi connectivity index (χ1n) is 6.31. The topological polar surface area (TPSA) is 78.4 Å². The molecule has 1 rings (SSSR count). The number of sulfonamides is 1. The molecule has 0 aliphatic rings. The quantitative estimate of drug-likeness (QED) is 0.711. The highest BCUT2D eigenvalue weighted by molar-refractivity contribution is 7.89. The summed E-state index contributed by atoms with van der Waals surface area (Å²) in [5.74, 6) is 0. The summed E-state index contributed by atoms with van der Waals surface area (Å²) in [6, 6.07) is 6.66. The second-order valence-corrected chi connectivity index (χ2v) is 6.80. The van der Waals surface area contributed by atoms with Gasteiger partial charge in [0, 0.05) is 13.1 Å². The maximum absolute atomic E-state index is 12.1. The van der Waals surface area contributed by atoms with E-state index < -0.39 is 15.6 Å². The van der Waals surface area contributed by atoms with Gasteiger partial charge < -0.3 is 10.4 Å². The predicted octanol–water partition coefficient (Wildman–Crippen LogP) is 1.56. The molecular weight excluding hydrogens is 264 g/mol. The van der Waals surface area contributed by atoms with Gasteiger partial charge in [-0.3, -0.25) is 0 Å². The average Bonchev–Trinajstić information content (AvgIpc) is 2.33. The van der Waals surface area contributed by atoms with Crippen LogP contribution in [0.25, 0.3) is 0 Å². The first-order valence-corrected chi connectivity index (χ1v) is 7.79. The van der Waals surface area contributed by atoms with Crippen LogP contribution in [0.3, 0.4) is 0 Å². The Morgan fingerprint density at radius 2 is 1.89 bits per heavy atom. The molecule has 1 aromatic carbocycles. The van der Waals surface area contributed by atoms with E-state index in [4.69, 9.17) is 0 Å². The first-order chi connectivity index (χ1) is 8.76. The van der Waals surface area contributed by atoms with Crippen molar-refractivity contribution in [1.82, 2.24) is 4.72 Å². The Bertz CT molecular complexity index is 507. The summed E-state index contributed by atoms with van der Waals surface area (Å²) >= 11 is 0. The highest BCUT2D eigenvalue weighted by atomic mass is 32.2. The van der Waals surface area contributed by atoms with Crippen molar-refractivity contribution in [1.29, 1.82) is 0 Å². The number of hydrogen-bond donors (Lipinski definition) is 3. The van der Waals surface area contributed by atoms with Gasteiger partial charge in [0.1, 0.15) is 4.90 Å². The molecule has 0 aliphatic carbocycles. The van der Waals surface area contributed by atoms with Gasteiger partial charge in [-0.25, -0.2) is 13.1 Å². The minimum absolute atomic E-state index is 0.202. The molecule has 0 unspecified atom stereocenters. The Kier molecular flexibility index (Phi) is 5.34. The summed E-state index contributed by atoms with van der Waals surface area (Å²) < 4.78 is 26.8. The number of hydrogen-bond acceptors (Lipinski definition) is 4. The van der Waals surface area contributed by atoms with Crippen molar-refractivity contribution < 1.29 is 13.5 Å². The summed E-state index contributed by atoms with van der Waals surface area (Å²) in [7, 11) is -3.51. The van der Waals surface area contributed by atoms with Gasteiger partial charge >= 0.3 is 0 Å². The lowest BCUT2D eigenvalue weighted by molar-refractivity contribution is 0.0944. The Labute approximate surface area is 115 Å². The summed E-state index contributed by atoms with van der Waals surface area (Å²) in [5.41, 5.74) is -0.415. The van der Waals surface area contributed by atoms with Crippen molar-refractivity contribution in [3.05, 3.63) is 24.3 Å². The van der Waals surface area contributed by atoms with Crippen LogP contribution in [0.5, 0.6) is 0 Å². The van der Waals surface area contributed by atoms with E-state index in [1.54, 1.807) is 38.1 Å². The second-order valence-electron chi connectivity index (χ2n) is 5.06. The van der Waals surface area contributed by atoms with Gasteiger partial charge in [-0.15, -0.1) is 0 Å². The summed E-state index contributed by atoms with van der Waals surface area (Å²) in [6.07, 6.45) is 0.735. The van der Waals surface area contributed by atoms with Crippen LogP contribution in [0.15, 0.2) is 29.2 Å². The average molecular weight is 286 g/mol. The fourth-order valence-corrected chi connectivity index (χ4v) is 2.79. The normalized spacial score (nSPS) is 12.4. The number of nitrogens with one attached hydrogen (secondary N) is 2. The Hall–Kier alpha value is -1.11. The molecule has 0 fully saturated rings. The molecule has 0 spiro atoms. The van der Waals surface area contributed by atoms with E-state index in [9.17, 15) is 13.5 Å². The number of aliphatic hydroxyl groups is 1. The fourth-order valence-electron chi connectivity index (χ4n) is 1.47. The molecule has 0 radical (unpaired) electrons. The number of anilines is 1. The highest BCUT2D eigenvalue weighted by Gasteiger charge is 2.19. The maximum atomic E-state index is 12.1. The number of para-hydroxylation sites is 1. The SMILES string of the molecule is CCCNS(=O)(=O)c1ccccc1NCC(C)(C)O. The van der Waals surface area contributed by atoms with Crippen LogP contribution in [-0.4, -0.2) is 32.2 Å². The molecule has 19 heavy (non-hydrogen) atoms. The van der Waals surface area contributed by atoms with Crippen LogP contribution in [0, 0.1) is 0 Å². The summed E-state index contributed by atoms with van der Waals surface area (Å²) in [6.45, 7) is 5.90. The molecule has 6 heteroatoms. The molecule has 0 heterocycles. The van der Waals surface area contributed by atoms with E-state index in [1.165, 1.54) is 0 Å². The lowest BCUT2D eigenvalue weighted by Gasteiger charge is -2.20. The third-order valence-electron chi connectivity index (χ3n) is 2.43. The summed E-state index contributed by atoms with van der Waals surface area (Å²) in [4.78, 5) is 0.202. The van der Waals surface area contributed by atoms with Gasteiger partial charge in [0.15, 0.2) is 0 Å². The van der Waals surface area contributed by atoms with Crippen molar-refractivity contribution in [3.8, 4) is 0 Å². The molecule has 0 atom stereocenters. The van der Waals surface area contributed by atoms with Gasteiger partial charge in [-0.1, -0.05) is 19.1 Å². The third-order valence-corrected chi connectivity index (χ3v) is 3.95. The van der Waals surface area contributed by atoms with Crippen molar-refractivity contribution >= 4 is 15.7 Å². The molecule has 3 N–H and O–H groups in total. The Balaban J connectivity index is 2.96. The van der Waals surface area contributed by atoms with E-state index in [0.717, 1.165) is 6.42 Å². The van der Waals surface area contributed by atoms with Gasteiger partial charge in [-0.2, -0.15) is 0 Å². The largest absolute Gasteiger partial charge is 0.389 e. The molecule has 0 saturated carbocycles. The monoisotopic (exact) mass is 286 g/mol. The Morgan fingerprint density at radius 3 is 2.47 bits per heavy atom. The van der Waals surface area contributed by atoms with Gasteiger partial charge in [0.2, 0.25) is 10.0 Å². The molecule has 0 amide bonds. The van der Waals surface area contributed by atoms with E-state index in [-0.39, 0.29) is 11.4 Å². The van der Waals surface area contributed by atoms with Crippen molar-refractivity contribution in [2.45, 2.75) is 37.7 Å². The zero-order valence-corrected chi connectivity index (χ0v) is 12.4. The van der Waals surface area contributed by atoms with Crippen LogP contribution in [0.2, 0.25) is 0 Å². The van der Waals surface area contributed by atoms with Crippen molar-refractivity contribution in [3.63, 3.8) is 0 Å².